The average molecular weight is 361 g/mol. The van der Waals surface area contributed by atoms with Gasteiger partial charge in [0.05, 0.1) is 0 Å². The van der Waals surface area contributed by atoms with Gasteiger partial charge >= 0.3 is 5.97 Å². The molecule has 2 aromatic carbocycles. The first-order valence-electron chi connectivity index (χ1n) is 8.18. The Labute approximate surface area is 153 Å². The van der Waals surface area contributed by atoms with Crippen LogP contribution in [0.15, 0.2) is 65.5 Å². The number of ether oxygens (including phenoxy) is 1. The van der Waals surface area contributed by atoms with Gasteiger partial charge in [0, 0.05) is 0 Å². The molecule has 0 aliphatic rings. The van der Waals surface area contributed by atoms with Crippen molar-refractivity contribution in [2.45, 2.75) is 6.10 Å². The van der Waals surface area contributed by atoms with Crippen molar-refractivity contribution in [2.75, 3.05) is 5.73 Å². The topological polar surface area (TPSA) is 127 Å². The average Bonchev–Trinajstić information content (AvgIpc) is 3.12. The van der Waals surface area contributed by atoms with E-state index in [1.54, 1.807) is 0 Å². The Hall–Kier alpha value is -3.94. The first kappa shape index (κ1) is 16.5. The molecule has 4 N–H and O–H groups in total. The number of anilines is 1. The van der Waals surface area contributed by atoms with Crippen molar-refractivity contribution in [3.8, 4) is 0 Å². The maximum atomic E-state index is 12.7. The first-order valence-corrected chi connectivity index (χ1v) is 8.18. The van der Waals surface area contributed by atoms with E-state index in [-0.39, 0.29) is 22.9 Å². The van der Waals surface area contributed by atoms with Crippen LogP contribution in [0.2, 0.25) is 0 Å². The molecule has 0 aliphatic heterocycles. The second-order valence-corrected chi connectivity index (χ2v) is 5.84. The van der Waals surface area contributed by atoms with E-state index < -0.39 is 17.6 Å². The highest BCUT2D eigenvalue weighted by Gasteiger charge is 2.23. The number of hydrogen-bond acceptors (Lipinski definition) is 6. The van der Waals surface area contributed by atoms with Crippen LogP contribution in [-0.4, -0.2) is 25.9 Å². The van der Waals surface area contributed by atoms with Crippen LogP contribution in [0.1, 0.15) is 27.8 Å². The van der Waals surface area contributed by atoms with Gasteiger partial charge < -0.3 is 15.5 Å². The summed E-state index contributed by atoms with van der Waals surface area (Å²) in [5.74, 6) is -0.903. The zero-order chi connectivity index (χ0) is 18.8. The number of nitrogen functional groups attached to an aromatic ring is 1. The molecule has 2 aromatic heterocycles. The molecular formula is C19H15N5O3. The molecule has 0 unspecified atom stereocenters. The lowest BCUT2D eigenvalue weighted by molar-refractivity contribution is 0.0365. The zero-order valence-corrected chi connectivity index (χ0v) is 14.0. The van der Waals surface area contributed by atoms with Gasteiger partial charge in [0.2, 0.25) is 11.8 Å². The number of aromatic amines is 2. The number of esters is 1. The van der Waals surface area contributed by atoms with E-state index in [0.29, 0.717) is 0 Å². The molecule has 4 aromatic rings. The molecular weight excluding hydrogens is 346 g/mol. The summed E-state index contributed by atoms with van der Waals surface area (Å²) in [5, 5.41) is 0. The number of fused-ring (bicyclic) bond motifs is 1. The molecule has 0 spiro atoms. The van der Waals surface area contributed by atoms with Gasteiger partial charge in [0.25, 0.3) is 5.56 Å². The number of nitrogens with two attached hydrogens (primary N) is 1. The number of nitrogens with zero attached hydrogens (tertiary/aromatic N) is 2. The maximum absolute atomic E-state index is 12.7. The molecule has 27 heavy (non-hydrogen) atoms. The summed E-state index contributed by atoms with van der Waals surface area (Å²) < 4.78 is 5.70. The largest absolute Gasteiger partial charge is 0.447 e. The van der Waals surface area contributed by atoms with Crippen LogP contribution in [0.3, 0.4) is 0 Å². The number of rotatable bonds is 4. The van der Waals surface area contributed by atoms with Gasteiger partial charge in [0.1, 0.15) is 0 Å². The second-order valence-electron chi connectivity index (χ2n) is 5.84. The van der Waals surface area contributed by atoms with Crippen molar-refractivity contribution in [1.29, 1.82) is 0 Å². The predicted octanol–water partition coefficient (Wildman–Crippen LogP) is 2.17. The van der Waals surface area contributed by atoms with Crippen molar-refractivity contribution in [1.82, 2.24) is 19.9 Å². The summed E-state index contributed by atoms with van der Waals surface area (Å²) in [7, 11) is 0. The number of hydrogen-bond donors (Lipinski definition) is 3. The van der Waals surface area contributed by atoms with Crippen LogP contribution in [0.5, 0.6) is 0 Å². The van der Waals surface area contributed by atoms with Crippen LogP contribution in [0.4, 0.5) is 5.95 Å². The van der Waals surface area contributed by atoms with E-state index in [9.17, 15) is 9.59 Å². The second kappa shape index (κ2) is 6.75. The Balaban J connectivity index is 1.70. The highest BCUT2D eigenvalue weighted by molar-refractivity contribution is 5.89. The van der Waals surface area contributed by atoms with Crippen LogP contribution >= 0.6 is 0 Å². The number of H-pyrrole nitrogens is 2. The fourth-order valence-corrected chi connectivity index (χ4v) is 2.77. The highest BCUT2D eigenvalue weighted by Crippen LogP contribution is 2.26. The summed E-state index contributed by atoms with van der Waals surface area (Å²) in [4.78, 5) is 37.5. The predicted molar refractivity (Wildman–Crippen MR) is 99.1 cm³/mol. The fraction of sp³-hybridized carbons (Fsp3) is 0.0526. The molecule has 8 nitrogen and oxygen atoms in total. The molecule has 0 fully saturated rings. The van der Waals surface area contributed by atoms with Crippen LogP contribution < -0.4 is 11.3 Å². The Morgan fingerprint density at radius 3 is 2.11 bits per heavy atom. The van der Waals surface area contributed by atoms with Gasteiger partial charge in [-0.15, -0.1) is 0 Å². The molecule has 134 valence electrons. The van der Waals surface area contributed by atoms with Crippen LogP contribution in [0, 0.1) is 0 Å². The number of carbonyl (C=O) groups excluding carboxylic acids is 1. The van der Waals surface area contributed by atoms with Crippen molar-refractivity contribution in [3.63, 3.8) is 0 Å². The minimum atomic E-state index is -0.705. The van der Waals surface area contributed by atoms with E-state index in [4.69, 9.17) is 10.5 Å². The molecule has 0 atom stereocenters. The summed E-state index contributed by atoms with van der Waals surface area (Å²) >= 11 is 0. The lowest BCUT2D eigenvalue weighted by Gasteiger charge is -2.18. The molecule has 8 heteroatoms. The maximum Gasteiger partial charge on any atom is 0.375 e. The van der Waals surface area contributed by atoms with Gasteiger partial charge in [0.15, 0.2) is 17.3 Å². The fourth-order valence-electron chi connectivity index (χ4n) is 2.77. The third kappa shape index (κ3) is 3.28. The van der Waals surface area contributed by atoms with E-state index in [1.807, 2.05) is 60.7 Å². The molecule has 0 bridgehead atoms. The van der Waals surface area contributed by atoms with E-state index in [0.717, 1.165) is 11.1 Å². The Morgan fingerprint density at radius 2 is 1.52 bits per heavy atom. The van der Waals surface area contributed by atoms with Gasteiger partial charge in [-0.1, -0.05) is 60.7 Å². The number of aromatic nitrogens is 4. The number of imidazole rings is 1. The molecule has 0 radical (unpaired) electrons. The highest BCUT2D eigenvalue weighted by atomic mass is 16.5. The quantitative estimate of drug-likeness (QED) is 0.478. The number of nitrogens with one attached hydrogen (secondary N) is 2. The smallest absolute Gasteiger partial charge is 0.375 e. The minimum absolute atomic E-state index is 0.0548. The van der Waals surface area contributed by atoms with E-state index in [1.165, 1.54) is 0 Å². The Morgan fingerprint density at radius 1 is 0.926 bits per heavy atom. The van der Waals surface area contributed by atoms with Gasteiger partial charge in [-0.25, -0.2) is 9.78 Å². The zero-order valence-electron chi connectivity index (χ0n) is 14.0. The molecule has 0 saturated carbocycles. The van der Waals surface area contributed by atoms with Gasteiger partial charge in [-0.05, 0) is 11.1 Å². The standard InChI is InChI=1S/C19H15N5O3/c20-19-23-15-13(17(25)24-19)21-16(22-15)18(26)27-14(11-7-3-1-4-8-11)12-9-5-2-6-10-12/h1-10,14H,(H4,20,21,22,23,24,25). The van der Waals surface area contributed by atoms with Gasteiger partial charge in [-0.2, -0.15) is 4.98 Å². The number of benzene rings is 2. The monoisotopic (exact) mass is 361 g/mol. The van der Waals surface area contributed by atoms with Crippen molar-refractivity contribution in [3.05, 3.63) is 88.0 Å². The molecule has 0 aliphatic carbocycles. The SMILES string of the molecule is Nc1nc2nc(C(=O)OC(c3ccccc3)c3ccccc3)[nH]c2c(=O)[nH]1. The first-order chi connectivity index (χ1) is 13.1. The van der Waals surface area contributed by atoms with Crippen LogP contribution in [0.25, 0.3) is 11.2 Å². The normalized spacial score (nSPS) is 11.0. The van der Waals surface area contributed by atoms with Crippen molar-refractivity contribution < 1.29 is 9.53 Å². The number of carbonyl (C=O) groups is 1. The molecule has 4 rings (SSSR count). The summed E-state index contributed by atoms with van der Waals surface area (Å²) in [6.07, 6.45) is -0.621. The van der Waals surface area contributed by atoms with E-state index in [2.05, 4.69) is 19.9 Å². The molecule has 0 saturated heterocycles. The van der Waals surface area contributed by atoms with E-state index >= 15 is 0 Å². The molecule has 0 amide bonds. The van der Waals surface area contributed by atoms with Crippen molar-refractivity contribution >= 4 is 23.1 Å². The van der Waals surface area contributed by atoms with Gasteiger partial charge in [-0.3, -0.25) is 9.78 Å². The van der Waals surface area contributed by atoms with Crippen molar-refractivity contribution in [2.24, 2.45) is 0 Å². The van der Waals surface area contributed by atoms with Crippen LogP contribution in [-0.2, 0) is 4.74 Å². The summed E-state index contributed by atoms with van der Waals surface area (Å²) in [6, 6.07) is 18.7. The third-order valence-corrected chi connectivity index (χ3v) is 4.00. The minimum Gasteiger partial charge on any atom is -0.447 e. The lowest BCUT2D eigenvalue weighted by Crippen LogP contribution is -2.14. The molecule has 2 heterocycles. The summed E-state index contributed by atoms with van der Waals surface area (Å²) in [5.41, 5.74) is 6.74. The Kier molecular flexibility index (Phi) is 4.13. The Bertz CT molecular complexity index is 1110. The third-order valence-electron chi connectivity index (χ3n) is 4.00. The summed E-state index contributed by atoms with van der Waals surface area (Å²) in [6.45, 7) is 0. The lowest BCUT2D eigenvalue weighted by atomic mass is 10.0.